The van der Waals surface area contributed by atoms with Crippen LogP contribution in [0, 0.1) is 5.92 Å². The average Bonchev–Trinajstić information content (AvgIpc) is 2.30. The molecular weight excluding hydrogens is 194 g/mol. The summed E-state index contributed by atoms with van der Waals surface area (Å²) >= 11 is 0. The van der Waals surface area contributed by atoms with Crippen molar-refractivity contribution in [3.8, 4) is 0 Å². The van der Waals surface area contributed by atoms with Gasteiger partial charge in [-0.15, -0.1) is 0 Å². The minimum atomic E-state index is 0.813. The van der Waals surface area contributed by atoms with E-state index in [0.717, 1.165) is 12.0 Å². The van der Waals surface area contributed by atoms with E-state index in [9.17, 15) is 0 Å². The van der Waals surface area contributed by atoms with E-state index < -0.39 is 0 Å². The second-order valence-electron chi connectivity index (χ2n) is 5.78. The molecule has 0 aromatic heterocycles. The van der Waals surface area contributed by atoms with Crippen LogP contribution in [0.2, 0.25) is 0 Å². The summed E-state index contributed by atoms with van der Waals surface area (Å²) in [7, 11) is 0. The summed E-state index contributed by atoms with van der Waals surface area (Å²) in [5, 5.41) is 3.76. The molecule has 1 fully saturated rings. The van der Waals surface area contributed by atoms with Crippen molar-refractivity contribution in [2.45, 2.75) is 70.8 Å². The Labute approximate surface area is 101 Å². The summed E-state index contributed by atoms with van der Waals surface area (Å²) in [6.45, 7) is 3.61. The van der Waals surface area contributed by atoms with Crippen molar-refractivity contribution in [3.05, 3.63) is 11.6 Å². The minimum absolute atomic E-state index is 0.813. The molecule has 2 aliphatic carbocycles. The molecule has 0 amide bonds. The Hall–Kier alpha value is -0.300. The van der Waals surface area contributed by atoms with Gasteiger partial charge in [-0.05, 0) is 57.4 Å². The lowest BCUT2D eigenvalue weighted by molar-refractivity contribution is 0.302. The van der Waals surface area contributed by atoms with Crippen LogP contribution < -0.4 is 5.32 Å². The average molecular weight is 221 g/mol. The molecule has 1 N–H and O–H groups in total. The van der Waals surface area contributed by atoms with Crippen molar-refractivity contribution in [3.63, 3.8) is 0 Å². The summed E-state index contributed by atoms with van der Waals surface area (Å²) in [5.41, 5.74) is 1.71. The quantitative estimate of drug-likeness (QED) is 0.706. The van der Waals surface area contributed by atoms with E-state index in [1.54, 1.807) is 5.57 Å². The van der Waals surface area contributed by atoms with E-state index in [1.165, 1.54) is 64.3 Å². The van der Waals surface area contributed by atoms with Crippen LogP contribution in [-0.4, -0.2) is 12.6 Å². The van der Waals surface area contributed by atoms with Gasteiger partial charge in [-0.25, -0.2) is 0 Å². The largest absolute Gasteiger partial charge is 0.314 e. The maximum Gasteiger partial charge on any atom is 0.00697 e. The SMILES string of the molecule is CC1CCCC(NCCC2=CCCCC2)C1. The van der Waals surface area contributed by atoms with Gasteiger partial charge in [0, 0.05) is 6.04 Å². The molecule has 2 unspecified atom stereocenters. The van der Waals surface area contributed by atoms with E-state index in [4.69, 9.17) is 0 Å². The van der Waals surface area contributed by atoms with Crippen molar-refractivity contribution in [2.24, 2.45) is 5.92 Å². The molecule has 0 saturated heterocycles. The summed E-state index contributed by atoms with van der Waals surface area (Å²) in [4.78, 5) is 0. The van der Waals surface area contributed by atoms with Crippen molar-refractivity contribution in [1.29, 1.82) is 0 Å². The lowest BCUT2D eigenvalue weighted by atomic mass is 9.87. The third-order valence-electron chi connectivity index (χ3n) is 4.20. The van der Waals surface area contributed by atoms with Crippen LogP contribution in [0.1, 0.15) is 64.7 Å². The Bertz CT molecular complexity index is 232. The highest BCUT2D eigenvalue weighted by Gasteiger charge is 2.17. The smallest absolute Gasteiger partial charge is 0.00697 e. The molecule has 1 heteroatoms. The second-order valence-corrected chi connectivity index (χ2v) is 5.78. The first kappa shape index (κ1) is 12.2. The third-order valence-corrected chi connectivity index (χ3v) is 4.20. The van der Waals surface area contributed by atoms with Crippen LogP contribution in [0.5, 0.6) is 0 Å². The normalized spacial score (nSPS) is 31.2. The van der Waals surface area contributed by atoms with E-state index in [-0.39, 0.29) is 0 Å². The van der Waals surface area contributed by atoms with Gasteiger partial charge in [0.2, 0.25) is 0 Å². The topological polar surface area (TPSA) is 12.0 Å². The first-order valence-corrected chi connectivity index (χ1v) is 7.26. The van der Waals surface area contributed by atoms with Gasteiger partial charge in [0.1, 0.15) is 0 Å². The highest BCUT2D eigenvalue weighted by atomic mass is 14.9. The van der Waals surface area contributed by atoms with Crippen LogP contribution >= 0.6 is 0 Å². The van der Waals surface area contributed by atoms with Gasteiger partial charge in [0.05, 0.1) is 0 Å². The first-order valence-electron chi connectivity index (χ1n) is 7.26. The van der Waals surface area contributed by atoms with Gasteiger partial charge in [-0.3, -0.25) is 0 Å². The van der Waals surface area contributed by atoms with Crippen LogP contribution in [0.15, 0.2) is 11.6 Å². The lowest BCUT2D eigenvalue weighted by Crippen LogP contribution is -2.34. The zero-order chi connectivity index (χ0) is 11.2. The van der Waals surface area contributed by atoms with Crippen molar-refractivity contribution in [1.82, 2.24) is 5.32 Å². The van der Waals surface area contributed by atoms with Gasteiger partial charge >= 0.3 is 0 Å². The maximum atomic E-state index is 3.76. The van der Waals surface area contributed by atoms with Crippen LogP contribution in [0.4, 0.5) is 0 Å². The van der Waals surface area contributed by atoms with Gasteiger partial charge in [-0.1, -0.05) is 31.4 Å². The third kappa shape index (κ3) is 3.93. The molecule has 0 aromatic rings. The van der Waals surface area contributed by atoms with Crippen molar-refractivity contribution < 1.29 is 0 Å². The molecule has 1 saturated carbocycles. The van der Waals surface area contributed by atoms with E-state index >= 15 is 0 Å². The molecule has 0 bridgehead atoms. The first-order chi connectivity index (χ1) is 7.84. The summed E-state index contributed by atoms with van der Waals surface area (Å²) in [5.74, 6) is 0.945. The highest BCUT2D eigenvalue weighted by molar-refractivity contribution is 5.05. The Balaban J connectivity index is 1.61. The number of hydrogen-bond acceptors (Lipinski definition) is 1. The Morgan fingerprint density at radius 2 is 2.19 bits per heavy atom. The number of hydrogen-bond donors (Lipinski definition) is 1. The lowest BCUT2D eigenvalue weighted by Gasteiger charge is -2.27. The zero-order valence-corrected chi connectivity index (χ0v) is 10.8. The zero-order valence-electron chi connectivity index (χ0n) is 10.8. The second kappa shape index (κ2) is 6.44. The van der Waals surface area contributed by atoms with Crippen LogP contribution in [0.25, 0.3) is 0 Å². The molecule has 92 valence electrons. The molecule has 0 aliphatic heterocycles. The summed E-state index contributed by atoms with van der Waals surface area (Å²) in [6.07, 6.45) is 15.0. The van der Waals surface area contributed by atoms with Gasteiger partial charge in [-0.2, -0.15) is 0 Å². The summed E-state index contributed by atoms with van der Waals surface area (Å²) < 4.78 is 0. The van der Waals surface area contributed by atoms with E-state index in [0.29, 0.717) is 0 Å². The monoisotopic (exact) mass is 221 g/mol. The van der Waals surface area contributed by atoms with Gasteiger partial charge < -0.3 is 5.32 Å². The molecule has 2 rings (SSSR count). The molecule has 1 nitrogen and oxygen atoms in total. The number of allylic oxidation sites excluding steroid dienone is 1. The van der Waals surface area contributed by atoms with Crippen LogP contribution in [-0.2, 0) is 0 Å². The molecule has 0 radical (unpaired) electrons. The maximum absolute atomic E-state index is 3.76. The Morgan fingerprint density at radius 3 is 2.94 bits per heavy atom. The number of nitrogens with one attached hydrogen (secondary N) is 1. The highest BCUT2D eigenvalue weighted by Crippen LogP contribution is 2.24. The molecule has 2 aliphatic rings. The van der Waals surface area contributed by atoms with E-state index in [2.05, 4.69) is 18.3 Å². The molecule has 0 spiro atoms. The van der Waals surface area contributed by atoms with Crippen LogP contribution in [0.3, 0.4) is 0 Å². The summed E-state index contributed by atoms with van der Waals surface area (Å²) in [6, 6.07) is 0.813. The number of rotatable bonds is 4. The van der Waals surface area contributed by atoms with Crippen molar-refractivity contribution >= 4 is 0 Å². The minimum Gasteiger partial charge on any atom is -0.314 e. The molecule has 0 aromatic carbocycles. The molecular formula is C15H27N. The van der Waals surface area contributed by atoms with Crippen molar-refractivity contribution in [2.75, 3.05) is 6.54 Å². The fourth-order valence-electron chi connectivity index (χ4n) is 3.19. The Morgan fingerprint density at radius 1 is 1.25 bits per heavy atom. The van der Waals surface area contributed by atoms with Gasteiger partial charge in [0.25, 0.3) is 0 Å². The fraction of sp³-hybridized carbons (Fsp3) is 0.867. The molecule has 0 heterocycles. The Kier molecular flexibility index (Phi) is 4.90. The predicted octanol–water partition coefficient (Wildman–Crippen LogP) is 4.05. The van der Waals surface area contributed by atoms with E-state index in [1.807, 2.05) is 0 Å². The van der Waals surface area contributed by atoms with Gasteiger partial charge in [0.15, 0.2) is 0 Å². The molecule has 16 heavy (non-hydrogen) atoms. The standard InChI is InChI=1S/C15H27N/c1-13-6-5-9-15(12-13)16-11-10-14-7-3-2-4-8-14/h7,13,15-16H,2-6,8-12H2,1H3. The predicted molar refractivity (Wildman–Crippen MR) is 70.6 cm³/mol. The fourth-order valence-corrected chi connectivity index (χ4v) is 3.19. The molecule has 2 atom stereocenters.